The van der Waals surface area contributed by atoms with Gasteiger partial charge in [0.25, 0.3) is 0 Å². The molecule has 6 rings (SSSR count). The number of rotatable bonds is 0. The summed E-state index contributed by atoms with van der Waals surface area (Å²) >= 11 is 0. The van der Waals surface area contributed by atoms with Crippen LogP contribution in [0.1, 0.15) is 11.1 Å². The van der Waals surface area contributed by atoms with Crippen molar-refractivity contribution in [3.8, 4) is 11.5 Å². The van der Waals surface area contributed by atoms with Gasteiger partial charge in [-0.1, -0.05) is 60.7 Å². The van der Waals surface area contributed by atoms with Gasteiger partial charge in [-0.05, 0) is 57.0 Å². The predicted octanol–water partition coefficient (Wildman–Crippen LogP) is 6.72. The molecule has 4 aromatic carbocycles. The second-order valence-corrected chi connectivity index (χ2v) is 6.99. The first kappa shape index (κ1) is 15.3. The Labute approximate surface area is 162 Å². The van der Waals surface area contributed by atoms with Gasteiger partial charge in [0.15, 0.2) is 0 Å². The molecule has 2 aliphatic rings. The first-order valence-electron chi connectivity index (χ1n) is 9.35. The van der Waals surface area contributed by atoms with Crippen LogP contribution < -0.4 is 9.47 Å². The zero-order chi connectivity index (χ0) is 18.5. The summed E-state index contributed by atoms with van der Waals surface area (Å²) in [6.45, 7) is 0. The average Bonchev–Trinajstić information content (AvgIpc) is 2.78. The molecule has 0 fully saturated rings. The fourth-order valence-corrected chi connectivity index (χ4v) is 4.22. The van der Waals surface area contributed by atoms with E-state index in [1.54, 1.807) is 12.5 Å². The lowest BCUT2D eigenvalue weighted by atomic mass is 9.87. The maximum atomic E-state index is 5.86. The van der Waals surface area contributed by atoms with E-state index >= 15 is 0 Å². The number of hydrogen-bond acceptors (Lipinski definition) is 2. The van der Waals surface area contributed by atoms with Gasteiger partial charge in [-0.3, -0.25) is 0 Å². The third-order valence-electron chi connectivity index (χ3n) is 5.47. The summed E-state index contributed by atoms with van der Waals surface area (Å²) in [7, 11) is 0. The van der Waals surface area contributed by atoms with Crippen LogP contribution in [0, 0.1) is 0 Å². The van der Waals surface area contributed by atoms with Gasteiger partial charge >= 0.3 is 0 Å². The summed E-state index contributed by atoms with van der Waals surface area (Å²) in [6, 6.07) is 25.2. The monoisotopic (exact) mass is 360 g/mol. The minimum Gasteiger partial charge on any atom is -0.464 e. The molecule has 4 aromatic rings. The van der Waals surface area contributed by atoms with E-state index in [2.05, 4.69) is 84.9 Å². The quantitative estimate of drug-likeness (QED) is 0.347. The molecule has 0 amide bonds. The standard InChI is InChI=1S/C26H16O2/c1-3-7-19-17(5-1)9-11-23-25(19)21(13-15-27-23)22-14-16-28-24-12-10-18-6-2-4-8-20(18)26(22)24/h1-16H. The number of fused-ring (bicyclic) bond motifs is 6. The van der Waals surface area contributed by atoms with Crippen molar-refractivity contribution in [1.82, 2.24) is 0 Å². The molecular formula is C26H16O2. The van der Waals surface area contributed by atoms with E-state index in [9.17, 15) is 0 Å². The zero-order valence-electron chi connectivity index (χ0n) is 15.1. The lowest BCUT2D eigenvalue weighted by Gasteiger charge is -2.23. The lowest BCUT2D eigenvalue weighted by Crippen LogP contribution is -2.03. The smallest absolute Gasteiger partial charge is 0.135 e. The highest BCUT2D eigenvalue weighted by Gasteiger charge is 2.23. The van der Waals surface area contributed by atoms with Crippen molar-refractivity contribution < 1.29 is 9.47 Å². The molecule has 0 unspecified atom stereocenters. The normalized spacial score (nSPS) is 17.1. The Morgan fingerprint density at radius 1 is 0.464 bits per heavy atom. The van der Waals surface area contributed by atoms with Gasteiger partial charge in [0, 0.05) is 11.1 Å². The molecule has 2 heteroatoms. The molecule has 0 saturated heterocycles. The Morgan fingerprint density at radius 3 is 1.43 bits per heavy atom. The second-order valence-electron chi connectivity index (χ2n) is 6.99. The van der Waals surface area contributed by atoms with Crippen molar-refractivity contribution in [3.63, 3.8) is 0 Å². The van der Waals surface area contributed by atoms with Gasteiger partial charge in [0.1, 0.15) is 11.5 Å². The summed E-state index contributed by atoms with van der Waals surface area (Å²) in [5.41, 5.74) is 4.55. The van der Waals surface area contributed by atoms with Crippen molar-refractivity contribution in [2.24, 2.45) is 0 Å². The van der Waals surface area contributed by atoms with Crippen molar-refractivity contribution >= 4 is 32.7 Å². The van der Waals surface area contributed by atoms with Crippen LogP contribution in [0.5, 0.6) is 11.5 Å². The highest BCUT2D eigenvalue weighted by molar-refractivity contribution is 6.13. The molecule has 0 atom stereocenters. The molecule has 2 nitrogen and oxygen atoms in total. The molecule has 132 valence electrons. The Kier molecular flexibility index (Phi) is 3.20. The number of hydrogen-bond donors (Lipinski definition) is 0. The summed E-state index contributed by atoms with van der Waals surface area (Å²) in [5, 5.41) is 4.78. The summed E-state index contributed by atoms with van der Waals surface area (Å²) in [5.74, 6) is 1.76. The molecule has 0 spiro atoms. The topological polar surface area (TPSA) is 18.5 Å². The summed E-state index contributed by atoms with van der Waals surface area (Å²) < 4.78 is 11.7. The maximum absolute atomic E-state index is 5.86. The lowest BCUT2D eigenvalue weighted by molar-refractivity contribution is 0.474. The zero-order valence-corrected chi connectivity index (χ0v) is 15.1. The fourth-order valence-electron chi connectivity index (χ4n) is 4.22. The number of benzene rings is 4. The Morgan fingerprint density at radius 2 is 0.929 bits per heavy atom. The molecule has 0 saturated carbocycles. The SMILES string of the molecule is C1=CC(=C2C=COc3ccc4ccccc4c32)c2c(ccc3ccccc23)O1. The molecule has 0 N–H and O–H groups in total. The number of allylic oxidation sites excluding steroid dienone is 4. The van der Waals surface area contributed by atoms with Crippen LogP contribution in [-0.4, -0.2) is 0 Å². The summed E-state index contributed by atoms with van der Waals surface area (Å²) in [4.78, 5) is 0. The molecule has 0 radical (unpaired) electrons. The average molecular weight is 360 g/mol. The van der Waals surface area contributed by atoms with E-state index in [4.69, 9.17) is 9.47 Å². The van der Waals surface area contributed by atoms with Crippen molar-refractivity contribution in [3.05, 3.63) is 109 Å². The van der Waals surface area contributed by atoms with Crippen LogP contribution in [0.3, 0.4) is 0 Å². The first-order chi connectivity index (χ1) is 13.9. The van der Waals surface area contributed by atoms with Crippen molar-refractivity contribution in [1.29, 1.82) is 0 Å². The molecule has 0 aromatic heterocycles. The second kappa shape index (κ2) is 5.86. The summed E-state index contributed by atoms with van der Waals surface area (Å²) in [6.07, 6.45) is 7.66. The molecule has 2 heterocycles. The van der Waals surface area contributed by atoms with E-state index in [1.165, 1.54) is 21.5 Å². The van der Waals surface area contributed by atoms with Crippen LogP contribution in [0.25, 0.3) is 32.7 Å². The predicted molar refractivity (Wildman–Crippen MR) is 114 cm³/mol. The third kappa shape index (κ3) is 2.15. The Balaban J connectivity index is 1.75. The third-order valence-corrected chi connectivity index (χ3v) is 5.47. The van der Waals surface area contributed by atoms with Gasteiger partial charge in [0.05, 0.1) is 12.5 Å². The number of ether oxygens (including phenoxy) is 2. The van der Waals surface area contributed by atoms with Crippen LogP contribution in [-0.2, 0) is 0 Å². The Hall–Kier alpha value is -3.78. The van der Waals surface area contributed by atoms with Crippen molar-refractivity contribution in [2.45, 2.75) is 0 Å². The largest absolute Gasteiger partial charge is 0.464 e. The van der Waals surface area contributed by atoms with Crippen LogP contribution >= 0.6 is 0 Å². The molecule has 28 heavy (non-hydrogen) atoms. The van der Waals surface area contributed by atoms with E-state index in [1.807, 2.05) is 0 Å². The van der Waals surface area contributed by atoms with E-state index in [0.29, 0.717) is 0 Å². The van der Waals surface area contributed by atoms with E-state index in [-0.39, 0.29) is 0 Å². The van der Waals surface area contributed by atoms with E-state index < -0.39 is 0 Å². The molecule has 0 aliphatic carbocycles. The van der Waals surface area contributed by atoms with Gasteiger partial charge in [-0.15, -0.1) is 0 Å². The fraction of sp³-hybridized carbons (Fsp3) is 0. The minimum atomic E-state index is 0.880. The Bertz CT molecular complexity index is 1250. The van der Waals surface area contributed by atoms with Gasteiger partial charge in [-0.25, -0.2) is 0 Å². The molecular weight excluding hydrogens is 344 g/mol. The van der Waals surface area contributed by atoms with Crippen molar-refractivity contribution in [2.75, 3.05) is 0 Å². The first-order valence-corrected chi connectivity index (χ1v) is 9.35. The highest BCUT2D eigenvalue weighted by atomic mass is 16.5. The van der Waals surface area contributed by atoms with E-state index in [0.717, 1.165) is 33.8 Å². The minimum absolute atomic E-state index is 0.880. The molecule has 0 bridgehead atoms. The molecule has 2 aliphatic heterocycles. The highest BCUT2D eigenvalue weighted by Crippen LogP contribution is 2.45. The van der Waals surface area contributed by atoms with Crippen LogP contribution in [0.2, 0.25) is 0 Å². The van der Waals surface area contributed by atoms with Gasteiger partial charge < -0.3 is 9.47 Å². The van der Waals surface area contributed by atoms with Crippen LogP contribution in [0.15, 0.2) is 97.5 Å². The maximum Gasteiger partial charge on any atom is 0.135 e. The van der Waals surface area contributed by atoms with Crippen LogP contribution in [0.4, 0.5) is 0 Å². The van der Waals surface area contributed by atoms with Gasteiger partial charge in [0.2, 0.25) is 0 Å². The van der Waals surface area contributed by atoms with Gasteiger partial charge in [-0.2, -0.15) is 0 Å².